The highest BCUT2D eigenvalue weighted by atomic mass is 15.0. The number of aromatic amines is 1. The van der Waals surface area contributed by atoms with Gasteiger partial charge in [0.25, 0.3) is 0 Å². The predicted molar refractivity (Wildman–Crippen MR) is 81.3 cm³/mol. The molecule has 0 fully saturated rings. The summed E-state index contributed by atoms with van der Waals surface area (Å²) in [4.78, 5) is 7.49. The maximum Gasteiger partial charge on any atom is 0.198 e. The van der Waals surface area contributed by atoms with Crippen molar-refractivity contribution < 1.29 is 0 Å². The zero-order valence-corrected chi connectivity index (χ0v) is 12.7. The summed E-state index contributed by atoms with van der Waals surface area (Å²) < 4.78 is 0. The third-order valence-corrected chi connectivity index (χ3v) is 3.54. The van der Waals surface area contributed by atoms with Gasteiger partial charge in [-0.05, 0) is 42.9 Å². The van der Waals surface area contributed by atoms with Gasteiger partial charge in [0.15, 0.2) is 5.95 Å². The monoisotopic (exact) mass is 257 g/mol. The van der Waals surface area contributed by atoms with Crippen LogP contribution in [0.15, 0.2) is 12.1 Å². The van der Waals surface area contributed by atoms with Gasteiger partial charge in [-0.2, -0.15) is 0 Å². The van der Waals surface area contributed by atoms with Crippen LogP contribution in [0.3, 0.4) is 0 Å². The van der Waals surface area contributed by atoms with E-state index in [9.17, 15) is 0 Å². The van der Waals surface area contributed by atoms with Crippen molar-refractivity contribution in [1.29, 1.82) is 0 Å². The van der Waals surface area contributed by atoms with Crippen LogP contribution in [0.2, 0.25) is 0 Å². The number of imidazole rings is 1. The van der Waals surface area contributed by atoms with E-state index in [4.69, 9.17) is 5.73 Å². The fourth-order valence-corrected chi connectivity index (χ4v) is 2.50. The molecule has 3 nitrogen and oxygen atoms in total. The fraction of sp³-hybridized carbons (Fsp3) is 0.438. The first kappa shape index (κ1) is 13.7. The Bertz CT molecular complexity index is 592. The van der Waals surface area contributed by atoms with Crippen molar-refractivity contribution in [2.24, 2.45) is 0 Å². The highest BCUT2D eigenvalue weighted by molar-refractivity contribution is 5.71. The van der Waals surface area contributed by atoms with E-state index < -0.39 is 0 Å². The Morgan fingerprint density at radius 3 is 1.95 bits per heavy atom. The Morgan fingerprint density at radius 1 is 1.05 bits per heavy atom. The molecule has 102 valence electrons. The number of rotatable bonds is 1. The van der Waals surface area contributed by atoms with E-state index in [0.29, 0.717) is 5.95 Å². The molecule has 1 aromatic carbocycles. The number of hydrogen-bond acceptors (Lipinski definition) is 2. The second-order valence-corrected chi connectivity index (χ2v) is 6.33. The predicted octanol–water partition coefficient (Wildman–Crippen LogP) is 3.88. The van der Waals surface area contributed by atoms with Gasteiger partial charge in [-0.3, -0.25) is 0 Å². The average molecular weight is 257 g/mol. The number of nitrogens with two attached hydrogens (primary N) is 1. The van der Waals surface area contributed by atoms with Crippen molar-refractivity contribution in [3.8, 4) is 11.3 Å². The topological polar surface area (TPSA) is 54.7 Å². The largest absolute Gasteiger partial charge is 0.369 e. The first-order chi connectivity index (χ1) is 8.70. The van der Waals surface area contributed by atoms with E-state index in [2.05, 4.69) is 56.7 Å². The third-order valence-electron chi connectivity index (χ3n) is 3.54. The summed E-state index contributed by atoms with van der Waals surface area (Å²) in [6, 6.07) is 4.51. The SMILES string of the molecule is Cc1cc(C(C)(C)C)cc(C)c1-c1nc(N)[nH]c1C. The van der Waals surface area contributed by atoms with Gasteiger partial charge >= 0.3 is 0 Å². The van der Waals surface area contributed by atoms with Crippen LogP contribution in [-0.2, 0) is 5.41 Å². The summed E-state index contributed by atoms with van der Waals surface area (Å²) in [5, 5.41) is 0. The van der Waals surface area contributed by atoms with E-state index in [1.807, 2.05) is 6.92 Å². The second kappa shape index (κ2) is 4.41. The molecule has 3 N–H and O–H groups in total. The highest BCUT2D eigenvalue weighted by Crippen LogP contribution is 2.33. The summed E-state index contributed by atoms with van der Waals surface area (Å²) >= 11 is 0. The molecule has 1 aromatic heterocycles. The molecule has 19 heavy (non-hydrogen) atoms. The second-order valence-electron chi connectivity index (χ2n) is 6.33. The van der Waals surface area contributed by atoms with Crippen LogP contribution in [0, 0.1) is 20.8 Å². The lowest BCUT2D eigenvalue weighted by Gasteiger charge is -2.22. The van der Waals surface area contributed by atoms with Gasteiger partial charge < -0.3 is 10.7 Å². The van der Waals surface area contributed by atoms with E-state index in [0.717, 1.165) is 11.4 Å². The van der Waals surface area contributed by atoms with E-state index in [1.54, 1.807) is 0 Å². The van der Waals surface area contributed by atoms with Crippen LogP contribution >= 0.6 is 0 Å². The third kappa shape index (κ3) is 2.50. The number of aromatic nitrogens is 2. The van der Waals surface area contributed by atoms with E-state index in [-0.39, 0.29) is 5.41 Å². The quantitative estimate of drug-likeness (QED) is 0.814. The average Bonchev–Trinajstić information content (AvgIpc) is 2.55. The zero-order valence-electron chi connectivity index (χ0n) is 12.7. The molecular formula is C16H23N3. The number of nitrogens with zero attached hydrogens (tertiary/aromatic N) is 1. The summed E-state index contributed by atoms with van der Waals surface area (Å²) in [7, 11) is 0. The molecule has 0 spiro atoms. The minimum Gasteiger partial charge on any atom is -0.369 e. The Kier molecular flexibility index (Phi) is 3.17. The van der Waals surface area contributed by atoms with Crippen LogP contribution in [0.4, 0.5) is 5.95 Å². The molecule has 0 aliphatic heterocycles. The van der Waals surface area contributed by atoms with Crippen LogP contribution in [0.1, 0.15) is 43.2 Å². The van der Waals surface area contributed by atoms with Gasteiger partial charge in [-0.1, -0.05) is 32.9 Å². The van der Waals surface area contributed by atoms with Crippen molar-refractivity contribution in [1.82, 2.24) is 9.97 Å². The molecule has 2 aromatic rings. The minimum atomic E-state index is 0.160. The van der Waals surface area contributed by atoms with Crippen molar-refractivity contribution in [3.05, 3.63) is 34.5 Å². The van der Waals surface area contributed by atoms with Gasteiger partial charge in [-0.15, -0.1) is 0 Å². The molecule has 0 amide bonds. The van der Waals surface area contributed by atoms with Crippen molar-refractivity contribution in [2.75, 3.05) is 5.73 Å². The highest BCUT2D eigenvalue weighted by Gasteiger charge is 2.18. The minimum absolute atomic E-state index is 0.160. The normalized spacial score (nSPS) is 11.9. The van der Waals surface area contributed by atoms with Crippen molar-refractivity contribution >= 4 is 5.95 Å². The van der Waals surface area contributed by atoms with Gasteiger partial charge in [0.2, 0.25) is 0 Å². The molecule has 0 aliphatic carbocycles. The van der Waals surface area contributed by atoms with E-state index in [1.165, 1.54) is 22.3 Å². The molecular weight excluding hydrogens is 234 g/mol. The molecule has 0 atom stereocenters. The first-order valence-electron chi connectivity index (χ1n) is 6.64. The zero-order chi connectivity index (χ0) is 14.4. The number of anilines is 1. The van der Waals surface area contributed by atoms with E-state index >= 15 is 0 Å². The van der Waals surface area contributed by atoms with Gasteiger partial charge in [0, 0.05) is 11.3 Å². The van der Waals surface area contributed by atoms with Crippen LogP contribution < -0.4 is 5.73 Å². The number of nitrogens with one attached hydrogen (secondary N) is 1. The number of aryl methyl sites for hydroxylation is 3. The Morgan fingerprint density at radius 2 is 1.58 bits per heavy atom. The lowest BCUT2D eigenvalue weighted by Crippen LogP contribution is -2.12. The smallest absolute Gasteiger partial charge is 0.198 e. The molecule has 0 bridgehead atoms. The standard InChI is InChI=1S/C16H23N3/c1-9-7-12(16(4,5)6)8-10(2)13(9)14-11(3)18-15(17)19-14/h7-8H,1-6H3,(H3,17,18,19). The van der Waals surface area contributed by atoms with Crippen molar-refractivity contribution in [3.63, 3.8) is 0 Å². The van der Waals surface area contributed by atoms with Crippen LogP contribution in [0.25, 0.3) is 11.3 Å². The lowest BCUT2D eigenvalue weighted by atomic mass is 9.83. The maximum absolute atomic E-state index is 5.75. The summed E-state index contributed by atoms with van der Waals surface area (Å²) in [5.41, 5.74) is 12.9. The number of benzene rings is 1. The maximum atomic E-state index is 5.75. The van der Waals surface area contributed by atoms with Crippen molar-refractivity contribution in [2.45, 2.75) is 47.0 Å². The molecule has 3 heteroatoms. The number of hydrogen-bond donors (Lipinski definition) is 2. The first-order valence-corrected chi connectivity index (χ1v) is 6.64. The summed E-state index contributed by atoms with van der Waals surface area (Å²) in [6.07, 6.45) is 0. The Balaban J connectivity index is 2.64. The molecule has 2 rings (SSSR count). The molecule has 1 heterocycles. The lowest BCUT2D eigenvalue weighted by molar-refractivity contribution is 0.589. The molecule has 0 saturated heterocycles. The molecule has 0 radical (unpaired) electrons. The molecule has 0 unspecified atom stereocenters. The Hall–Kier alpha value is -1.77. The molecule has 0 aliphatic rings. The van der Waals surface area contributed by atoms with Gasteiger partial charge in [-0.25, -0.2) is 4.98 Å². The number of nitrogen functional groups attached to an aromatic ring is 1. The Labute approximate surface area is 115 Å². The fourth-order valence-electron chi connectivity index (χ4n) is 2.50. The van der Waals surface area contributed by atoms with Crippen LogP contribution in [-0.4, -0.2) is 9.97 Å². The van der Waals surface area contributed by atoms with Gasteiger partial charge in [0.05, 0.1) is 5.69 Å². The van der Waals surface area contributed by atoms with Crippen LogP contribution in [0.5, 0.6) is 0 Å². The molecule has 0 saturated carbocycles. The van der Waals surface area contributed by atoms with Gasteiger partial charge in [0.1, 0.15) is 0 Å². The summed E-state index contributed by atoms with van der Waals surface area (Å²) in [6.45, 7) is 13.0. The number of H-pyrrole nitrogens is 1. The summed E-state index contributed by atoms with van der Waals surface area (Å²) in [5.74, 6) is 0.478.